The van der Waals surface area contributed by atoms with Crippen LogP contribution in [0.4, 0.5) is 11.9 Å². The number of rotatable bonds is 4. The van der Waals surface area contributed by atoms with Crippen LogP contribution in [0.25, 0.3) is 5.82 Å². The molecule has 0 aliphatic rings. The lowest BCUT2D eigenvalue weighted by atomic mass is 10.5. The summed E-state index contributed by atoms with van der Waals surface area (Å²) < 4.78 is 1.44. The predicted molar refractivity (Wildman–Crippen MR) is 69.9 cm³/mol. The Balaban J connectivity index is 2.37. The number of hydrogen-bond donors (Lipinski definition) is 1. The average Bonchev–Trinajstić information content (AvgIpc) is 2.74. The molecular formula is C10H14ClN7. The van der Waals surface area contributed by atoms with E-state index in [1.165, 1.54) is 4.68 Å². The molecule has 0 atom stereocenters. The lowest BCUT2D eigenvalue weighted by Gasteiger charge is -2.15. The first-order valence-electron chi connectivity index (χ1n) is 5.62. The highest BCUT2D eigenvalue weighted by Crippen LogP contribution is 2.15. The Hall–Kier alpha value is -1.89. The lowest BCUT2D eigenvalue weighted by molar-refractivity contribution is 0.783. The van der Waals surface area contributed by atoms with E-state index in [0.29, 0.717) is 16.9 Å². The number of halogens is 1. The average molecular weight is 268 g/mol. The van der Waals surface area contributed by atoms with Gasteiger partial charge in [-0.3, -0.25) is 0 Å². The van der Waals surface area contributed by atoms with Crippen LogP contribution in [0.1, 0.15) is 13.8 Å². The Morgan fingerprint density at radius 2 is 2.00 bits per heavy atom. The van der Waals surface area contributed by atoms with Gasteiger partial charge in [0.2, 0.25) is 11.9 Å². The molecule has 0 spiro atoms. The molecule has 0 amide bonds. The first-order valence-corrected chi connectivity index (χ1v) is 6.00. The molecule has 7 nitrogen and oxygen atoms in total. The SMILES string of the molecule is CCN(CC)c1nc(N)n(-c2ccc(Cl)nn2)n1. The third kappa shape index (κ3) is 2.35. The maximum absolute atomic E-state index is 5.82. The minimum absolute atomic E-state index is 0.272. The molecule has 0 aromatic carbocycles. The molecule has 2 heterocycles. The number of nitrogens with zero attached hydrogens (tertiary/aromatic N) is 6. The van der Waals surface area contributed by atoms with Gasteiger partial charge in [-0.2, -0.15) is 9.67 Å². The number of nitrogens with two attached hydrogens (primary N) is 1. The molecule has 0 saturated carbocycles. The minimum atomic E-state index is 0.272. The number of anilines is 2. The van der Waals surface area contributed by atoms with Gasteiger partial charge in [-0.05, 0) is 26.0 Å². The second-order valence-corrected chi connectivity index (χ2v) is 3.96. The molecule has 2 aromatic heterocycles. The molecule has 0 radical (unpaired) electrons. The smallest absolute Gasteiger partial charge is 0.247 e. The Morgan fingerprint density at radius 3 is 2.56 bits per heavy atom. The number of nitrogen functional groups attached to an aromatic ring is 1. The summed E-state index contributed by atoms with van der Waals surface area (Å²) in [7, 11) is 0. The summed E-state index contributed by atoms with van der Waals surface area (Å²) in [5, 5.41) is 12.3. The van der Waals surface area contributed by atoms with Gasteiger partial charge < -0.3 is 10.6 Å². The van der Waals surface area contributed by atoms with Crippen molar-refractivity contribution in [3.63, 3.8) is 0 Å². The summed E-state index contributed by atoms with van der Waals surface area (Å²) >= 11 is 5.68. The van der Waals surface area contributed by atoms with E-state index in [1.54, 1.807) is 12.1 Å². The van der Waals surface area contributed by atoms with Gasteiger partial charge in [0.15, 0.2) is 11.0 Å². The molecule has 0 aliphatic heterocycles. The summed E-state index contributed by atoms with van der Waals surface area (Å²) in [5.41, 5.74) is 5.82. The summed E-state index contributed by atoms with van der Waals surface area (Å²) in [4.78, 5) is 6.20. The van der Waals surface area contributed by atoms with Crippen LogP contribution in [0.3, 0.4) is 0 Å². The lowest BCUT2D eigenvalue weighted by Crippen LogP contribution is -2.23. The molecule has 2 aromatic rings. The standard InChI is InChI=1S/C10H14ClN7/c1-3-17(4-2)10-13-9(12)18(16-10)8-6-5-7(11)14-15-8/h5-6H,3-4H2,1-2H3,(H2,12,13,16). The van der Waals surface area contributed by atoms with Crippen molar-refractivity contribution in [2.45, 2.75) is 13.8 Å². The molecule has 0 saturated heterocycles. The van der Waals surface area contributed by atoms with Crippen molar-refractivity contribution >= 4 is 23.5 Å². The van der Waals surface area contributed by atoms with Gasteiger partial charge >= 0.3 is 0 Å². The van der Waals surface area contributed by atoms with Crippen molar-refractivity contribution in [1.82, 2.24) is 25.0 Å². The van der Waals surface area contributed by atoms with Crippen LogP contribution in [0.2, 0.25) is 5.15 Å². The van der Waals surface area contributed by atoms with E-state index in [4.69, 9.17) is 17.3 Å². The Labute approximate surface area is 110 Å². The molecule has 2 rings (SSSR count). The van der Waals surface area contributed by atoms with Gasteiger partial charge in [-0.25, -0.2) is 0 Å². The highest BCUT2D eigenvalue weighted by Gasteiger charge is 2.13. The number of aromatic nitrogens is 5. The van der Waals surface area contributed by atoms with Crippen LogP contribution in [-0.2, 0) is 0 Å². The molecule has 0 bridgehead atoms. The van der Waals surface area contributed by atoms with Gasteiger partial charge in [0.25, 0.3) is 0 Å². The number of hydrogen-bond acceptors (Lipinski definition) is 6. The van der Waals surface area contributed by atoms with Gasteiger partial charge in [0, 0.05) is 13.1 Å². The van der Waals surface area contributed by atoms with Crippen LogP contribution >= 0.6 is 11.6 Å². The molecule has 0 aliphatic carbocycles. The van der Waals surface area contributed by atoms with E-state index in [1.807, 2.05) is 18.7 Å². The largest absolute Gasteiger partial charge is 0.368 e. The van der Waals surface area contributed by atoms with Crippen molar-refractivity contribution in [1.29, 1.82) is 0 Å². The highest BCUT2D eigenvalue weighted by molar-refractivity contribution is 6.29. The molecular weight excluding hydrogens is 254 g/mol. The first-order chi connectivity index (χ1) is 8.65. The topological polar surface area (TPSA) is 85.8 Å². The normalized spacial score (nSPS) is 10.6. The fourth-order valence-electron chi connectivity index (χ4n) is 1.54. The molecule has 18 heavy (non-hydrogen) atoms. The van der Waals surface area contributed by atoms with Crippen molar-refractivity contribution in [3.05, 3.63) is 17.3 Å². The van der Waals surface area contributed by atoms with Crippen molar-refractivity contribution in [2.75, 3.05) is 23.7 Å². The van der Waals surface area contributed by atoms with Crippen LogP contribution in [0.5, 0.6) is 0 Å². The van der Waals surface area contributed by atoms with E-state index in [9.17, 15) is 0 Å². The Kier molecular flexibility index (Phi) is 3.61. The first kappa shape index (κ1) is 12.6. The highest BCUT2D eigenvalue weighted by atomic mass is 35.5. The molecule has 0 unspecified atom stereocenters. The third-order valence-electron chi connectivity index (χ3n) is 2.50. The third-order valence-corrected chi connectivity index (χ3v) is 2.70. The summed E-state index contributed by atoms with van der Waals surface area (Å²) in [6.45, 7) is 5.68. The zero-order valence-corrected chi connectivity index (χ0v) is 11.0. The van der Waals surface area contributed by atoms with E-state index in [-0.39, 0.29) is 5.95 Å². The zero-order valence-electron chi connectivity index (χ0n) is 10.2. The van der Waals surface area contributed by atoms with Gasteiger partial charge in [0.1, 0.15) is 0 Å². The van der Waals surface area contributed by atoms with Crippen LogP contribution in [0.15, 0.2) is 12.1 Å². The predicted octanol–water partition coefficient (Wildman–Crippen LogP) is 1.14. The van der Waals surface area contributed by atoms with E-state index < -0.39 is 0 Å². The Bertz CT molecular complexity index is 518. The van der Waals surface area contributed by atoms with Gasteiger partial charge in [-0.1, -0.05) is 11.6 Å². The Morgan fingerprint density at radius 1 is 1.28 bits per heavy atom. The minimum Gasteiger partial charge on any atom is -0.368 e. The summed E-state index contributed by atoms with van der Waals surface area (Å²) in [6.07, 6.45) is 0. The molecule has 8 heteroatoms. The monoisotopic (exact) mass is 267 g/mol. The van der Waals surface area contributed by atoms with Gasteiger partial charge in [0.05, 0.1) is 0 Å². The second-order valence-electron chi connectivity index (χ2n) is 3.57. The summed E-state index contributed by atoms with van der Waals surface area (Å²) in [6, 6.07) is 3.31. The van der Waals surface area contributed by atoms with Crippen molar-refractivity contribution < 1.29 is 0 Å². The van der Waals surface area contributed by atoms with Crippen molar-refractivity contribution in [3.8, 4) is 5.82 Å². The molecule has 2 N–H and O–H groups in total. The molecule has 96 valence electrons. The van der Waals surface area contributed by atoms with Gasteiger partial charge in [-0.15, -0.1) is 15.3 Å². The van der Waals surface area contributed by atoms with E-state index in [2.05, 4.69) is 20.3 Å². The quantitative estimate of drug-likeness (QED) is 0.894. The van der Waals surface area contributed by atoms with Crippen LogP contribution < -0.4 is 10.6 Å². The van der Waals surface area contributed by atoms with E-state index >= 15 is 0 Å². The van der Waals surface area contributed by atoms with E-state index in [0.717, 1.165) is 13.1 Å². The van der Waals surface area contributed by atoms with Crippen molar-refractivity contribution in [2.24, 2.45) is 0 Å². The van der Waals surface area contributed by atoms with Crippen LogP contribution in [-0.4, -0.2) is 38.1 Å². The maximum Gasteiger partial charge on any atom is 0.247 e. The maximum atomic E-state index is 5.82. The fraction of sp³-hybridized carbons (Fsp3) is 0.400. The fourth-order valence-corrected chi connectivity index (χ4v) is 1.64. The molecule has 0 fully saturated rings. The summed E-state index contributed by atoms with van der Waals surface area (Å²) in [5.74, 6) is 1.34. The van der Waals surface area contributed by atoms with Crippen LogP contribution in [0, 0.1) is 0 Å². The second kappa shape index (κ2) is 5.18. The zero-order chi connectivity index (χ0) is 13.1.